The van der Waals surface area contributed by atoms with Crippen molar-refractivity contribution in [2.24, 2.45) is 0 Å². The largest absolute Gasteiger partial charge is 0.459 e. The summed E-state index contributed by atoms with van der Waals surface area (Å²) in [5.74, 6) is -0.650. The molecule has 9 nitrogen and oxygen atoms in total. The summed E-state index contributed by atoms with van der Waals surface area (Å²) >= 11 is 0. The molecule has 0 spiro atoms. The second-order valence-corrected chi connectivity index (χ2v) is 9.78. The highest BCUT2D eigenvalue weighted by atomic mass is 16.7. The molecule has 7 atom stereocenters. The molecular formula is C23H32N2O7. The summed E-state index contributed by atoms with van der Waals surface area (Å²) < 4.78 is 23.5. The van der Waals surface area contributed by atoms with Gasteiger partial charge in [-0.3, -0.25) is 10.1 Å². The molecule has 0 radical (unpaired) electrons. The van der Waals surface area contributed by atoms with E-state index in [9.17, 15) is 14.7 Å². The van der Waals surface area contributed by atoms with Crippen molar-refractivity contribution in [1.29, 1.82) is 0 Å². The van der Waals surface area contributed by atoms with Crippen LogP contribution in [0.4, 0.5) is 0 Å². The molecule has 1 amide bonds. The van der Waals surface area contributed by atoms with Crippen LogP contribution in [0.2, 0.25) is 0 Å². The van der Waals surface area contributed by atoms with Gasteiger partial charge in [0.2, 0.25) is 5.91 Å². The number of fused-ring (bicyclic) bond motifs is 2. The lowest BCUT2D eigenvalue weighted by molar-refractivity contribution is -0.267. The van der Waals surface area contributed by atoms with E-state index >= 15 is 0 Å². The van der Waals surface area contributed by atoms with Crippen LogP contribution in [0.15, 0.2) is 30.3 Å². The SMILES string of the molecule is CC(=O)N[C@H]1[C@H]([C@@H]2O[C@H](c3ccccc3)OC[C@H]2O)N[C@@]2(C(=O)OC(C)(C)C)CO[C@@H]1C2. The third-order valence-corrected chi connectivity index (χ3v) is 5.99. The van der Waals surface area contributed by atoms with E-state index in [1.807, 2.05) is 51.1 Å². The van der Waals surface area contributed by atoms with Gasteiger partial charge in [-0.15, -0.1) is 0 Å². The molecule has 0 aliphatic carbocycles. The Morgan fingerprint density at radius 3 is 2.59 bits per heavy atom. The number of piperidine rings is 1. The number of benzene rings is 1. The van der Waals surface area contributed by atoms with Gasteiger partial charge in [0, 0.05) is 18.9 Å². The molecule has 1 aromatic carbocycles. The lowest BCUT2D eigenvalue weighted by Gasteiger charge is -2.47. The van der Waals surface area contributed by atoms with Crippen LogP contribution in [0.1, 0.15) is 46.0 Å². The normalized spacial score (nSPS) is 37.0. The van der Waals surface area contributed by atoms with Crippen LogP contribution < -0.4 is 10.6 Å². The fraction of sp³-hybridized carbons (Fsp3) is 0.652. The maximum absolute atomic E-state index is 13.1. The van der Waals surface area contributed by atoms with Crippen LogP contribution in [0.5, 0.6) is 0 Å². The Hall–Kier alpha value is -2.04. The lowest BCUT2D eigenvalue weighted by Crippen LogP contribution is -2.73. The average Bonchev–Trinajstić information content (AvgIpc) is 3.10. The van der Waals surface area contributed by atoms with Crippen molar-refractivity contribution in [2.45, 2.75) is 81.9 Å². The van der Waals surface area contributed by atoms with E-state index in [0.29, 0.717) is 6.42 Å². The highest BCUT2D eigenvalue weighted by Crippen LogP contribution is 2.38. The number of hydrogen-bond donors (Lipinski definition) is 3. The van der Waals surface area contributed by atoms with Crippen molar-refractivity contribution < 1.29 is 33.6 Å². The molecule has 0 unspecified atom stereocenters. The van der Waals surface area contributed by atoms with Crippen LogP contribution in [-0.4, -0.2) is 71.7 Å². The minimum atomic E-state index is -1.08. The highest BCUT2D eigenvalue weighted by Gasteiger charge is 2.60. The van der Waals surface area contributed by atoms with E-state index in [-0.39, 0.29) is 19.1 Å². The second-order valence-electron chi connectivity index (χ2n) is 9.78. The van der Waals surface area contributed by atoms with Crippen molar-refractivity contribution in [3.8, 4) is 0 Å². The number of aliphatic hydroxyl groups excluding tert-OH is 1. The molecular weight excluding hydrogens is 416 g/mol. The molecule has 3 saturated heterocycles. The minimum absolute atomic E-state index is 0.0557. The molecule has 1 aromatic rings. The molecule has 3 aliphatic rings. The van der Waals surface area contributed by atoms with Crippen molar-refractivity contribution in [3.63, 3.8) is 0 Å². The van der Waals surface area contributed by atoms with Crippen molar-refractivity contribution in [2.75, 3.05) is 13.2 Å². The van der Waals surface area contributed by atoms with Gasteiger partial charge < -0.3 is 29.4 Å². The van der Waals surface area contributed by atoms with E-state index < -0.39 is 53.8 Å². The maximum Gasteiger partial charge on any atom is 0.329 e. The van der Waals surface area contributed by atoms with Crippen molar-refractivity contribution in [1.82, 2.24) is 10.6 Å². The smallest absolute Gasteiger partial charge is 0.329 e. The topological polar surface area (TPSA) is 115 Å². The molecule has 3 heterocycles. The zero-order valence-corrected chi connectivity index (χ0v) is 18.9. The summed E-state index contributed by atoms with van der Waals surface area (Å²) in [6.07, 6.45) is -2.46. The zero-order chi connectivity index (χ0) is 23.1. The Bertz CT molecular complexity index is 842. The highest BCUT2D eigenvalue weighted by molar-refractivity contribution is 5.82. The van der Waals surface area contributed by atoms with Crippen LogP contribution in [0.3, 0.4) is 0 Å². The standard InChI is InChI=1S/C23H32N2O7/c1-13(26)24-17-16-10-23(12-30-16,21(28)32-22(2,3)4)25-18(17)19-15(27)11-29-20(31-19)14-8-6-5-7-9-14/h5-9,15-20,25,27H,10-12H2,1-4H3,(H,24,26)/t15-,16-,17-,18-,19-,20-,23-/m1/s1. The number of esters is 1. The number of aliphatic hydroxyl groups is 1. The first-order valence-electron chi connectivity index (χ1n) is 11.0. The van der Waals surface area contributed by atoms with Crippen LogP contribution >= 0.6 is 0 Å². The second kappa shape index (κ2) is 8.72. The fourth-order valence-electron chi connectivity index (χ4n) is 4.63. The van der Waals surface area contributed by atoms with Gasteiger partial charge in [0.25, 0.3) is 0 Å². The van der Waals surface area contributed by atoms with Gasteiger partial charge in [-0.2, -0.15) is 0 Å². The van der Waals surface area contributed by atoms with E-state index in [1.54, 1.807) is 0 Å². The van der Waals surface area contributed by atoms with Gasteiger partial charge in [-0.25, -0.2) is 4.79 Å². The first-order valence-corrected chi connectivity index (χ1v) is 11.0. The Morgan fingerprint density at radius 2 is 1.94 bits per heavy atom. The van der Waals surface area contributed by atoms with Crippen LogP contribution in [0.25, 0.3) is 0 Å². The van der Waals surface area contributed by atoms with E-state index in [4.69, 9.17) is 18.9 Å². The number of carbonyl (C=O) groups excluding carboxylic acids is 2. The summed E-state index contributed by atoms with van der Waals surface area (Å²) in [7, 11) is 0. The molecule has 3 N–H and O–H groups in total. The predicted octanol–water partition coefficient (Wildman–Crippen LogP) is 0.807. The van der Waals surface area contributed by atoms with E-state index in [0.717, 1.165) is 5.56 Å². The number of rotatable bonds is 4. The number of nitrogens with one attached hydrogen (secondary N) is 2. The van der Waals surface area contributed by atoms with E-state index in [2.05, 4.69) is 10.6 Å². The Morgan fingerprint density at radius 1 is 1.22 bits per heavy atom. The first kappa shape index (κ1) is 23.1. The third-order valence-electron chi connectivity index (χ3n) is 5.99. The van der Waals surface area contributed by atoms with Gasteiger partial charge in [0.1, 0.15) is 23.3 Å². The molecule has 2 bridgehead atoms. The first-order chi connectivity index (χ1) is 15.1. The summed E-state index contributed by atoms with van der Waals surface area (Å²) in [4.78, 5) is 25.1. The van der Waals surface area contributed by atoms with Gasteiger partial charge in [-0.05, 0) is 20.8 Å². The predicted molar refractivity (Wildman–Crippen MR) is 113 cm³/mol. The summed E-state index contributed by atoms with van der Waals surface area (Å²) in [5, 5.41) is 17.1. The molecule has 32 heavy (non-hydrogen) atoms. The molecule has 0 saturated carbocycles. The Kier molecular flexibility index (Phi) is 6.30. The maximum atomic E-state index is 13.1. The van der Waals surface area contributed by atoms with Gasteiger partial charge in [0.15, 0.2) is 6.29 Å². The van der Waals surface area contributed by atoms with E-state index in [1.165, 1.54) is 6.92 Å². The Labute approximate surface area is 187 Å². The molecule has 9 heteroatoms. The zero-order valence-electron chi connectivity index (χ0n) is 18.9. The number of carbonyl (C=O) groups is 2. The molecule has 176 valence electrons. The number of amides is 1. The van der Waals surface area contributed by atoms with Crippen LogP contribution in [0, 0.1) is 0 Å². The molecule has 3 aliphatic heterocycles. The number of hydrogen-bond acceptors (Lipinski definition) is 8. The summed E-state index contributed by atoms with van der Waals surface area (Å²) in [6, 6.07) is 8.33. The Balaban J connectivity index is 1.62. The van der Waals surface area contributed by atoms with Gasteiger partial charge in [0.05, 0.1) is 31.4 Å². The fourth-order valence-corrected chi connectivity index (χ4v) is 4.63. The molecule has 3 fully saturated rings. The monoisotopic (exact) mass is 448 g/mol. The third kappa shape index (κ3) is 4.67. The lowest BCUT2D eigenvalue weighted by atomic mass is 9.80. The van der Waals surface area contributed by atoms with Gasteiger partial charge >= 0.3 is 5.97 Å². The average molecular weight is 449 g/mol. The van der Waals surface area contributed by atoms with Gasteiger partial charge in [-0.1, -0.05) is 30.3 Å². The minimum Gasteiger partial charge on any atom is -0.459 e. The van der Waals surface area contributed by atoms with Crippen molar-refractivity contribution in [3.05, 3.63) is 35.9 Å². The summed E-state index contributed by atoms with van der Waals surface area (Å²) in [5.41, 5.74) is -0.929. The molecule has 4 rings (SSSR count). The quantitative estimate of drug-likeness (QED) is 0.580. The van der Waals surface area contributed by atoms with Crippen LogP contribution in [-0.2, 0) is 28.5 Å². The number of ether oxygens (including phenoxy) is 4. The molecule has 0 aromatic heterocycles. The summed E-state index contributed by atoms with van der Waals surface area (Å²) in [6.45, 7) is 7.03. The van der Waals surface area contributed by atoms with Crippen molar-refractivity contribution >= 4 is 11.9 Å².